The highest BCUT2D eigenvalue weighted by Gasteiger charge is 2.62. The Morgan fingerprint density at radius 2 is 1.86 bits per heavy atom. The van der Waals surface area contributed by atoms with Gasteiger partial charge in [0.2, 0.25) is 21.8 Å². The summed E-state index contributed by atoms with van der Waals surface area (Å²) in [5, 5.41) is 4.92. The van der Waals surface area contributed by atoms with Gasteiger partial charge in [-0.2, -0.15) is 0 Å². The van der Waals surface area contributed by atoms with Gasteiger partial charge in [-0.25, -0.2) is 18.2 Å². The summed E-state index contributed by atoms with van der Waals surface area (Å²) in [5.41, 5.74) is 0.560. The summed E-state index contributed by atoms with van der Waals surface area (Å²) in [7, 11) is -1.10. The van der Waals surface area contributed by atoms with Crippen molar-refractivity contribution in [1.29, 1.82) is 0 Å². The molecule has 0 spiro atoms. The van der Waals surface area contributed by atoms with Gasteiger partial charge in [-0.3, -0.25) is 19.1 Å². The first kappa shape index (κ1) is 38.5. The SMILES string of the molecule is COC(=O)N[C@H]1CCCCC/C=C\[C@@H]2C[C@@]2(C(=O)NS(=O)(=O)C2CC2)NC(=O)[C@@H]2C[C@@H](Oc3cc(-c4cccc(OC)c4)nc4c3OC3C=CC=CC43)CN2C1=O. The van der Waals surface area contributed by atoms with Crippen molar-refractivity contribution in [1.82, 2.24) is 25.2 Å². The minimum atomic E-state index is -3.91. The van der Waals surface area contributed by atoms with Crippen LogP contribution < -0.4 is 29.6 Å². The van der Waals surface area contributed by atoms with Gasteiger partial charge in [0.25, 0.3) is 5.91 Å². The normalized spacial score (nSPS) is 29.8. The smallest absolute Gasteiger partial charge is 0.407 e. The molecule has 4 amide bonds. The topological polar surface area (TPSA) is 192 Å². The van der Waals surface area contributed by atoms with E-state index in [-0.39, 0.29) is 31.4 Å². The van der Waals surface area contributed by atoms with Crippen molar-refractivity contribution < 1.29 is 46.5 Å². The van der Waals surface area contributed by atoms with E-state index in [1.165, 1.54) is 12.0 Å². The Morgan fingerprint density at radius 1 is 1.04 bits per heavy atom. The number of hydrogen-bond acceptors (Lipinski definition) is 11. The number of alkyl carbamates (subject to hydrolysis) is 1. The van der Waals surface area contributed by atoms with Crippen LogP contribution in [0.5, 0.6) is 17.2 Å². The second kappa shape index (κ2) is 15.5. The highest BCUT2D eigenvalue weighted by atomic mass is 32.2. The Kier molecular flexibility index (Phi) is 10.5. The fourth-order valence-corrected chi connectivity index (χ4v) is 9.57. The fraction of sp³-hybridized carbons (Fsp3) is 0.488. The predicted molar refractivity (Wildman–Crippen MR) is 207 cm³/mol. The number of amides is 4. The van der Waals surface area contributed by atoms with Crippen LogP contribution in [0.3, 0.4) is 0 Å². The van der Waals surface area contributed by atoms with Crippen LogP contribution in [0.2, 0.25) is 0 Å². The number of rotatable bonds is 8. The van der Waals surface area contributed by atoms with E-state index in [0.717, 1.165) is 18.4 Å². The van der Waals surface area contributed by atoms with Gasteiger partial charge in [0.15, 0.2) is 11.5 Å². The first-order chi connectivity index (χ1) is 27.5. The number of carbonyl (C=O) groups excluding carboxylic acids is 4. The van der Waals surface area contributed by atoms with Gasteiger partial charge in [-0.15, -0.1) is 0 Å². The van der Waals surface area contributed by atoms with Gasteiger partial charge in [0.1, 0.15) is 35.6 Å². The lowest BCUT2D eigenvalue weighted by Gasteiger charge is -2.29. The number of carbonyl (C=O) groups is 4. The van der Waals surface area contributed by atoms with Gasteiger partial charge in [0.05, 0.1) is 43.3 Å². The molecule has 7 atom stereocenters. The highest BCUT2D eigenvalue weighted by Crippen LogP contribution is 2.49. The lowest BCUT2D eigenvalue weighted by atomic mass is 9.95. The molecule has 2 saturated carbocycles. The number of benzene rings is 1. The van der Waals surface area contributed by atoms with Crippen LogP contribution in [0.4, 0.5) is 4.79 Å². The van der Waals surface area contributed by atoms with Crippen LogP contribution >= 0.6 is 0 Å². The Labute approximate surface area is 331 Å². The Bertz CT molecular complexity index is 2150. The molecule has 2 aromatic rings. The van der Waals surface area contributed by atoms with Crippen LogP contribution in [0.25, 0.3) is 11.3 Å². The number of hydrogen-bond donors (Lipinski definition) is 3. The molecule has 57 heavy (non-hydrogen) atoms. The molecular weight excluding hydrogens is 755 g/mol. The molecule has 8 rings (SSSR count). The van der Waals surface area contributed by atoms with E-state index in [4.69, 9.17) is 23.9 Å². The molecule has 16 heteroatoms. The molecule has 2 unspecified atom stereocenters. The maximum atomic E-state index is 14.5. The van der Waals surface area contributed by atoms with Crippen LogP contribution in [-0.2, 0) is 29.1 Å². The highest BCUT2D eigenvalue weighted by molar-refractivity contribution is 7.91. The molecule has 0 radical (unpaired) electrons. The van der Waals surface area contributed by atoms with Gasteiger partial charge >= 0.3 is 6.09 Å². The summed E-state index contributed by atoms with van der Waals surface area (Å²) in [4.78, 5) is 61.6. The zero-order valence-corrected chi connectivity index (χ0v) is 32.7. The maximum absolute atomic E-state index is 14.5. The zero-order valence-electron chi connectivity index (χ0n) is 31.8. The number of allylic oxidation sites excluding steroid dienone is 3. The van der Waals surface area contributed by atoms with Crippen molar-refractivity contribution in [3.63, 3.8) is 0 Å². The molecule has 302 valence electrons. The Hall–Kier alpha value is -5.38. The molecule has 1 aromatic carbocycles. The van der Waals surface area contributed by atoms with E-state index < -0.39 is 68.7 Å². The number of ether oxygens (including phenoxy) is 4. The Balaban J connectivity index is 1.13. The van der Waals surface area contributed by atoms with Crippen molar-refractivity contribution in [2.45, 2.75) is 98.8 Å². The quantitative estimate of drug-likeness (QED) is 0.329. The zero-order chi connectivity index (χ0) is 39.9. The van der Waals surface area contributed by atoms with Gasteiger partial charge in [-0.1, -0.05) is 55.4 Å². The molecule has 0 bridgehead atoms. The van der Waals surface area contributed by atoms with Gasteiger partial charge in [-0.05, 0) is 56.7 Å². The number of sulfonamides is 1. The van der Waals surface area contributed by atoms with Crippen molar-refractivity contribution in [2.24, 2.45) is 5.92 Å². The molecular formula is C41H47N5O10S. The molecule has 1 saturated heterocycles. The lowest BCUT2D eigenvalue weighted by molar-refractivity contribution is -0.141. The predicted octanol–water partition coefficient (Wildman–Crippen LogP) is 3.80. The largest absolute Gasteiger partial charge is 0.497 e. The van der Waals surface area contributed by atoms with Crippen molar-refractivity contribution in [3.05, 3.63) is 72.5 Å². The summed E-state index contributed by atoms with van der Waals surface area (Å²) >= 11 is 0. The van der Waals surface area contributed by atoms with E-state index >= 15 is 0 Å². The molecule has 4 heterocycles. The molecule has 3 aliphatic heterocycles. The van der Waals surface area contributed by atoms with Crippen LogP contribution in [0, 0.1) is 5.92 Å². The molecule has 3 aliphatic carbocycles. The Morgan fingerprint density at radius 3 is 2.65 bits per heavy atom. The van der Waals surface area contributed by atoms with Crippen LogP contribution in [0.15, 0.2) is 66.8 Å². The number of fused-ring (bicyclic) bond motifs is 5. The van der Waals surface area contributed by atoms with Crippen molar-refractivity contribution >= 4 is 33.8 Å². The first-order valence-electron chi connectivity index (χ1n) is 19.6. The molecule has 15 nitrogen and oxygen atoms in total. The van der Waals surface area contributed by atoms with E-state index in [0.29, 0.717) is 60.7 Å². The monoisotopic (exact) mass is 801 g/mol. The fourth-order valence-electron chi connectivity index (χ4n) is 8.20. The second-order valence-electron chi connectivity index (χ2n) is 15.5. The number of nitrogens with one attached hydrogen (secondary N) is 3. The third-order valence-corrected chi connectivity index (χ3v) is 13.4. The number of aromatic nitrogens is 1. The molecule has 3 N–H and O–H groups in total. The maximum Gasteiger partial charge on any atom is 0.407 e. The molecule has 1 aromatic heterocycles. The third kappa shape index (κ3) is 7.83. The summed E-state index contributed by atoms with van der Waals surface area (Å²) < 4.78 is 51.5. The lowest BCUT2D eigenvalue weighted by Crippen LogP contribution is -2.58. The van der Waals surface area contributed by atoms with Crippen molar-refractivity contribution in [2.75, 3.05) is 20.8 Å². The minimum Gasteiger partial charge on any atom is -0.497 e. The van der Waals surface area contributed by atoms with Crippen LogP contribution in [-0.4, -0.2) is 98.0 Å². The number of pyridine rings is 1. The van der Waals surface area contributed by atoms with E-state index in [9.17, 15) is 27.6 Å². The van der Waals surface area contributed by atoms with E-state index in [1.807, 2.05) is 60.7 Å². The van der Waals surface area contributed by atoms with Crippen LogP contribution in [0.1, 0.15) is 69.4 Å². The first-order valence-corrected chi connectivity index (χ1v) is 21.1. The summed E-state index contributed by atoms with van der Waals surface area (Å²) in [6.45, 7) is -0.0346. The molecule has 3 fully saturated rings. The van der Waals surface area contributed by atoms with Crippen molar-refractivity contribution in [3.8, 4) is 28.5 Å². The standard InChI is InChI=1S/C41H47N5O10S/c1-53-26-13-10-11-24(19-26)31-21-34(36-35(42-31)29-14-8-9-16-33(29)56-36)55-27-20-32-37(47)44-41(39(49)45-57(51,52)28-17-18-28)22-25(41)12-6-4-3-5-7-15-30(43-40(50)54-2)38(48)46(32)23-27/h6,8-14,16,19,21,25,27-30,32-33H,3-5,7,15,17-18,20,22-23H2,1-2H3,(H,43,50)(H,44,47)(H,45,49)/b12-6-/t25-,27-,29?,30+,32+,33?,41-/m1/s1. The van der Waals surface area contributed by atoms with E-state index in [2.05, 4.69) is 15.4 Å². The molecule has 6 aliphatic rings. The average Bonchev–Trinajstić information content (AvgIpc) is 4.11. The summed E-state index contributed by atoms with van der Waals surface area (Å²) in [5.74, 6) is -1.05. The summed E-state index contributed by atoms with van der Waals surface area (Å²) in [6.07, 6.45) is 14.1. The average molecular weight is 802 g/mol. The number of nitrogens with zero attached hydrogens (tertiary/aromatic N) is 2. The summed E-state index contributed by atoms with van der Waals surface area (Å²) in [6, 6.07) is 7.13. The second-order valence-corrected chi connectivity index (χ2v) is 17.5. The van der Waals surface area contributed by atoms with E-state index in [1.54, 1.807) is 13.2 Å². The third-order valence-electron chi connectivity index (χ3n) is 11.6. The van der Waals surface area contributed by atoms with Gasteiger partial charge < -0.3 is 34.5 Å². The van der Waals surface area contributed by atoms with Gasteiger partial charge in [0, 0.05) is 24.0 Å². The minimum absolute atomic E-state index is 0.0271. The number of methoxy groups -OCH3 is 2.